The highest BCUT2D eigenvalue weighted by molar-refractivity contribution is 6.54. The second-order valence-corrected chi connectivity index (χ2v) is 5.82. The zero-order valence-electron chi connectivity index (χ0n) is 12.7. The number of carbonyl (C=O) groups excluding carboxylic acids is 2. The molecule has 0 radical (unpaired) electrons. The average molecular weight is 320 g/mol. The third-order valence-corrected chi connectivity index (χ3v) is 4.49. The van der Waals surface area contributed by atoms with Crippen LogP contribution in [0.3, 0.4) is 0 Å². The predicted molar refractivity (Wildman–Crippen MR) is 86.4 cm³/mol. The van der Waals surface area contributed by atoms with E-state index in [-0.39, 0.29) is 16.9 Å². The molecule has 4 rings (SSSR count). The molecule has 5 nitrogen and oxygen atoms in total. The molecule has 2 aromatic carbocycles. The predicted octanol–water partition coefficient (Wildman–Crippen LogP) is 3.67. The zero-order chi connectivity index (χ0) is 17.0. The molecule has 0 saturated heterocycles. The Morgan fingerprint density at radius 1 is 1.04 bits per heavy atom. The summed E-state index contributed by atoms with van der Waals surface area (Å²) in [6.45, 7) is 1.46. The third kappa shape index (κ3) is 1.78. The fraction of sp³-hybridized carbons (Fsp3) is 0.105. The standard InChI is InChI=1S/C19H12O5/c1-9(19(22)23)13-8-24-18-12-7-6-10-4-2-3-5-11(10)14(12)16(20)17(21)15(13)18/h2-9H,1H3,(H,22,23). The molecule has 0 bridgehead atoms. The van der Waals surface area contributed by atoms with Crippen LogP contribution in [0.25, 0.3) is 22.1 Å². The van der Waals surface area contributed by atoms with Crippen LogP contribution in [-0.2, 0) is 4.79 Å². The smallest absolute Gasteiger partial charge is 0.310 e. The van der Waals surface area contributed by atoms with Gasteiger partial charge in [0.2, 0.25) is 11.6 Å². The van der Waals surface area contributed by atoms with Crippen LogP contribution in [0.1, 0.15) is 39.1 Å². The number of fused-ring (bicyclic) bond motifs is 5. The van der Waals surface area contributed by atoms with Gasteiger partial charge in [-0.25, -0.2) is 0 Å². The lowest BCUT2D eigenvalue weighted by Crippen LogP contribution is -2.23. The Kier molecular flexibility index (Phi) is 2.93. The second kappa shape index (κ2) is 4.89. The van der Waals surface area contributed by atoms with E-state index in [0.717, 1.165) is 5.39 Å². The zero-order valence-corrected chi connectivity index (χ0v) is 12.7. The first-order chi connectivity index (χ1) is 11.5. The Balaban J connectivity index is 2.06. The summed E-state index contributed by atoms with van der Waals surface area (Å²) in [5.41, 5.74) is 1.14. The van der Waals surface area contributed by atoms with Gasteiger partial charge in [-0.1, -0.05) is 30.3 Å². The molecule has 1 atom stereocenters. The number of ketones is 2. The van der Waals surface area contributed by atoms with E-state index in [2.05, 4.69) is 0 Å². The second-order valence-electron chi connectivity index (χ2n) is 5.82. The van der Waals surface area contributed by atoms with Crippen molar-refractivity contribution in [2.75, 3.05) is 0 Å². The Morgan fingerprint density at radius 3 is 2.50 bits per heavy atom. The summed E-state index contributed by atoms with van der Waals surface area (Å²) in [7, 11) is 0. The molecule has 0 saturated carbocycles. The van der Waals surface area contributed by atoms with Crippen LogP contribution >= 0.6 is 0 Å². The third-order valence-electron chi connectivity index (χ3n) is 4.49. The van der Waals surface area contributed by atoms with E-state index in [1.165, 1.54) is 13.2 Å². The van der Waals surface area contributed by atoms with Crippen LogP contribution < -0.4 is 0 Å². The average Bonchev–Trinajstić information content (AvgIpc) is 3.03. The number of carboxylic acid groups (broad SMARTS) is 1. The molecular weight excluding hydrogens is 308 g/mol. The van der Waals surface area contributed by atoms with Crippen LogP contribution in [0.2, 0.25) is 0 Å². The van der Waals surface area contributed by atoms with Crippen molar-refractivity contribution in [2.45, 2.75) is 12.8 Å². The fourth-order valence-electron chi connectivity index (χ4n) is 3.19. The SMILES string of the molecule is CC(C(=O)O)c1coc2c1C(=O)C(=O)c1c-2ccc2ccccc12. The first-order valence-electron chi connectivity index (χ1n) is 7.46. The minimum Gasteiger partial charge on any atom is -0.481 e. The summed E-state index contributed by atoms with van der Waals surface area (Å²) in [6, 6.07) is 10.9. The summed E-state index contributed by atoms with van der Waals surface area (Å²) in [4.78, 5) is 36.6. The van der Waals surface area contributed by atoms with Gasteiger partial charge >= 0.3 is 5.97 Å². The number of carboxylic acids is 1. The van der Waals surface area contributed by atoms with Gasteiger partial charge in [0, 0.05) is 16.7 Å². The van der Waals surface area contributed by atoms with Crippen LogP contribution in [-0.4, -0.2) is 22.6 Å². The quantitative estimate of drug-likeness (QED) is 0.728. The maximum absolute atomic E-state index is 12.7. The fourth-order valence-corrected chi connectivity index (χ4v) is 3.19. The number of carbonyl (C=O) groups is 3. The first-order valence-corrected chi connectivity index (χ1v) is 7.46. The van der Waals surface area contributed by atoms with E-state index in [4.69, 9.17) is 4.42 Å². The lowest BCUT2D eigenvalue weighted by Gasteiger charge is -2.17. The Labute approximate surface area is 136 Å². The number of hydrogen-bond acceptors (Lipinski definition) is 4. The van der Waals surface area contributed by atoms with Crippen molar-refractivity contribution in [1.82, 2.24) is 0 Å². The number of hydrogen-bond donors (Lipinski definition) is 1. The minimum absolute atomic E-state index is 0.0673. The van der Waals surface area contributed by atoms with Crippen LogP contribution in [0.15, 0.2) is 47.1 Å². The van der Waals surface area contributed by atoms with Gasteiger partial charge < -0.3 is 9.52 Å². The molecule has 0 aliphatic heterocycles. The van der Waals surface area contributed by atoms with Crippen molar-refractivity contribution < 1.29 is 23.9 Å². The van der Waals surface area contributed by atoms with E-state index in [1.807, 2.05) is 18.2 Å². The summed E-state index contributed by atoms with van der Waals surface area (Å²) in [5, 5.41) is 10.7. The van der Waals surface area contributed by atoms with E-state index >= 15 is 0 Å². The number of Topliss-reactive ketones (excluding diaryl/α,β-unsaturated/α-hetero) is 2. The minimum atomic E-state index is -1.08. The van der Waals surface area contributed by atoms with Crippen LogP contribution in [0, 0.1) is 0 Å². The van der Waals surface area contributed by atoms with Gasteiger partial charge in [-0.2, -0.15) is 0 Å². The van der Waals surface area contributed by atoms with Crippen LogP contribution in [0.4, 0.5) is 0 Å². The van der Waals surface area contributed by atoms with Gasteiger partial charge in [0.05, 0.1) is 17.7 Å². The molecule has 1 aromatic heterocycles. The maximum Gasteiger partial charge on any atom is 0.310 e. The van der Waals surface area contributed by atoms with E-state index < -0.39 is 23.5 Å². The van der Waals surface area contributed by atoms with Crippen molar-refractivity contribution in [3.63, 3.8) is 0 Å². The van der Waals surface area contributed by atoms with Crippen LogP contribution in [0.5, 0.6) is 0 Å². The molecular formula is C19H12O5. The number of rotatable bonds is 2. The van der Waals surface area contributed by atoms with Gasteiger partial charge in [-0.05, 0) is 23.8 Å². The summed E-state index contributed by atoms with van der Waals surface area (Å²) in [6.07, 6.45) is 1.26. The van der Waals surface area contributed by atoms with Gasteiger partial charge in [0.1, 0.15) is 5.76 Å². The molecule has 0 fully saturated rings. The number of aliphatic carboxylic acids is 1. The molecule has 1 N–H and O–H groups in total. The van der Waals surface area contributed by atoms with Crippen molar-refractivity contribution >= 4 is 28.3 Å². The van der Waals surface area contributed by atoms with E-state index in [9.17, 15) is 19.5 Å². The molecule has 1 heterocycles. The first kappa shape index (κ1) is 14.4. The van der Waals surface area contributed by atoms with Crippen molar-refractivity contribution in [2.24, 2.45) is 0 Å². The van der Waals surface area contributed by atoms with Crippen molar-refractivity contribution in [3.05, 3.63) is 59.4 Å². The monoisotopic (exact) mass is 320 g/mol. The lowest BCUT2D eigenvalue weighted by molar-refractivity contribution is -0.138. The highest BCUT2D eigenvalue weighted by Gasteiger charge is 2.38. The molecule has 1 aliphatic rings. The van der Waals surface area contributed by atoms with E-state index in [0.29, 0.717) is 16.5 Å². The molecule has 5 heteroatoms. The van der Waals surface area contributed by atoms with Gasteiger partial charge in [0.25, 0.3) is 0 Å². The summed E-state index contributed by atoms with van der Waals surface area (Å²) >= 11 is 0. The van der Waals surface area contributed by atoms with Crippen molar-refractivity contribution in [3.8, 4) is 11.3 Å². The molecule has 0 amide bonds. The normalized spacial score (nSPS) is 14.4. The highest BCUT2D eigenvalue weighted by Crippen LogP contribution is 2.41. The molecule has 1 unspecified atom stereocenters. The van der Waals surface area contributed by atoms with Crippen molar-refractivity contribution in [1.29, 1.82) is 0 Å². The topological polar surface area (TPSA) is 84.6 Å². The number of furan rings is 1. The largest absolute Gasteiger partial charge is 0.481 e. The van der Waals surface area contributed by atoms with E-state index in [1.54, 1.807) is 18.2 Å². The summed E-state index contributed by atoms with van der Waals surface area (Å²) < 4.78 is 5.52. The van der Waals surface area contributed by atoms with Gasteiger partial charge in [0.15, 0.2) is 0 Å². The molecule has 0 spiro atoms. The molecule has 24 heavy (non-hydrogen) atoms. The Bertz CT molecular complexity index is 1040. The Morgan fingerprint density at radius 2 is 1.75 bits per heavy atom. The molecule has 118 valence electrons. The maximum atomic E-state index is 12.7. The highest BCUT2D eigenvalue weighted by atomic mass is 16.4. The lowest BCUT2D eigenvalue weighted by atomic mass is 9.82. The van der Waals surface area contributed by atoms with Gasteiger partial charge in [-0.15, -0.1) is 0 Å². The van der Waals surface area contributed by atoms with Gasteiger partial charge in [-0.3, -0.25) is 14.4 Å². The number of benzene rings is 2. The molecule has 3 aromatic rings. The Hall–Kier alpha value is -3.21. The molecule has 1 aliphatic carbocycles. The summed E-state index contributed by atoms with van der Waals surface area (Å²) in [5.74, 6) is -3.09.